The van der Waals surface area contributed by atoms with E-state index in [1.165, 1.54) is 5.39 Å². The molecule has 2 rings (SSSR count). The molecule has 2 aromatic rings. The highest BCUT2D eigenvalue weighted by Gasteiger charge is 2.05. The Hall–Kier alpha value is -0.930. The first-order valence-corrected chi connectivity index (χ1v) is 5.88. The first-order valence-electron chi connectivity index (χ1n) is 4.25. The van der Waals surface area contributed by atoms with Crippen LogP contribution in [0.1, 0.15) is 5.69 Å². The molecule has 70 valence electrons. The minimum Gasteiger partial charge on any atom is -0.254 e. The predicted molar refractivity (Wildman–Crippen MR) is 67.0 cm³/mol. The average molecular weight is 219 g/mol. The molecule has 0 saturated carbocycles. The van der Waals surface area contributed by atoms with E-state index in [9.17, 15) is 0 Å². The fourth-order valence-corrected chi connectivity index (χ4v) is 1.90. The van der Waals surface area contributed by atoms with Gasteiger partial charge in [-0.2, -0.15) is 0 Å². The summed E-state index contributed by atoms with van der Waals surface area (Å²) in [7, 11) is 0. The molecule has 1 aromatic carbocycles. The Balaban J connectivity index is 2.71. The molecule has 0 saturated heterocycles. The summed E-state index contributed by atoms with van der Waals surface area (Å²) in [4.78, 5) is 4.32. The van der Waals surface area contributed by atoms with E-state index in [0.29, 0.717) is 0 Å². The van der Waals surface area contributed by atoms with Crippen molar-refractivity contribution < 1.29 is 0 Å². The highest BCUT2D eigenvalue weighted by molar-refractivity contribution is 8.23. The van der Waals surface area contributed by atoms with Crippen molar-refractivity contribution in [1.82, 2.24) is 4.98 Å². The van der Waals surface area contributed by atoms with Gasteiger partial charge in [-0.15, -0.1) is 11.8 Å². The third-order valence-corrected chi connectivity index (χ3v) is 3.31. The van der Waals surface area contributed by atoms with Crippen LogP contribution in [0.4, 0.5) is 0 Å². The number of aromatic nitrogens is 1. The number of nitrogens with zero attached hydrogens (tertiary/aromatic N) is 1. The molecular formula is C11H9NS2. The number of pyridine rings is 1. The van der Waals surface area contributed by atoms with Gasteiger partial charge in [-0.1, -0.05) is 36.5 Å². The van der Waals surface area contributed by atoms with Gasteiger partial charge in [0.1, 0.15) is 0 Å². The summed E-state index contributed by atoms with van der Waals surface area (Å²) in [5, 5.41) is 2.32. The lowest BCUT2D eigenvalue weighted by Gasteiger charge is -2.03. The number of hydrogen-bond donors (Lipinski definition) is 0. The smallest absolute Gasteiger partial charge is 0.0966 e. The van der Waals surface area contributed by atoms with E-state index in [2.05, 4.69) is 17.1 Å². The molecular weight excluding hydrogens is 210 g/mol. The lowest BCUT2D eigenvalue weighted by atomic mass is 10.1. The summed E-state index contributed by atoms with van der Waals surface area (Å²) in [6.45, 7) is 0. The molecule has 0 bridgehead atoms. The van der Waals surface area contributed by atoms with Crippen LogP contribution in [0.25, 0.3) is 10.8 Å². The van der Waals surface area contributed by atoms with E-state index in [1.54, 1.807) is 18.0 Å². The van der Waals surface area contributed by atoms with Crippen LogP contribution < -0.4 is 0 Å². The average Bonchev–Trinajstić information content (AvgIpc) is 2.27. The molecule has 3 heteroatoms. The van der Waals surface area contributed by atoms with Crippen LogP contribution in [0.15, 0.2) is 36.5 Å². The topological polar surface area (TPSA) is 12.9 Å². The van der Waals surface area contributed by atoms with Crippen molar-refractivity contribution in [2.45, 2.75) is 0 Å². The Morgan fingerprint density at radius 1 is 1.29 bits per heavy atom. The predicted octanol–water partition coefficient (Wildman–Crippen LogP) is 3.27. The van der Waals surface area contributed by atoms with Gasteiger partial charge in [0.15, 0.2) is 0 Å². The second-order valence-electron chi connectivity index (χ2n) is 2.87. The van der Waals surface area contributed by atoms with E-state index >= 15 is 0 Å². The molecule has 0 atom stereocenters. The second kappa shape index (κ2) is 4.07. The Labute approximate surface area is 92.5 Å². The quantitative estimate of drug-likeness (QED) is 0.683. The van der Waals surface area contributed by atoms with Crippen LogP contribution in [0.5, 0.6) is 0 Å². The summed E-state index contributed by atoms with van der Waals surface area (Å²) in [6, 6.07) is 10.2. The first-order chi connectivity index (χ1) is 6.83. The van der Waals surface area contributed by atoms with Crippen molar-refractivity contribution in [2.75, 3.05) is 6.26 Å². The van der Waals surface area contributed by atoms with Crippen molar-refractivity contribution in [2.24, 2.45) is 0 Å². The van der Waals surface area contributed by atoms with Crippen molar-refractivity contribution in [3.8, 4) is 0 Å². The molecule has 0 aliphatic rings. The monoisotopic (exact) mass is 219 g/mol. The van der Waals surface area contributed by atoms with E-state index in [4.69, 9.17) is 12.2 Å². The van der Waals surface area contributed by atoms with Gasteiger partial charge in [0.2, 0.25) is 0 Å². The van der Waals surface area contributed by atoms with Crippen molar-refractivity contribution >= 4 is 38.9 Å². The van der Waals surface area contributed by atoms with Crippen LogP contribution in [0, 0.1) is 0 Å². The third-order valence-electron chi connectivity index (χ3n) is 2.05. The van der Waals surface area contributed by atoms with E-state index in [0.717, 1.165) is 15.3 Å². The van der Waals surface area contributed by atoms with Gasteiger partial charge >= 0.3 is 0 Å². The molecule has 1 nitrogen and oxygen atoms in total. The van der Waals surface area contributed by atoms with Crippen LogP contribution in [-0.4, -0.2) is 15.4 Å². The summed E-state index contributed by atoms with van der Waals surface area (Å²) in [6.07, 6.45) is 3.78. The zero-order valence-electron chi connectivity index (χ0n) is 7.73. The van der Waals surface area contributed by atoms with Crippen molar-refractivity contribution in [1.29, 1.82) is 0 Å². The molecule has 0 spiro atoms. The van der Waals surface area contributed by atoms with E-state index < -0.39 is 0 Å². The zero-order valence-corrected chi connectivity index (χ0v) is 9.36. The molecule has 0 amide bonds. The molecule has 1 heterocycles. The summed E-state index contributed by atoms with van der Waals surface area (Å²) >= 11 is 6.81. The fourth-order valence-electron chi connectivity index (χ4n) is 1.38. The van der Waals surface area contributed by atoms with Gasteiger partial charge in [-0.25, -0.2) is 0 Å². The molecule has 0 radical (unpaired) electrons. The number of hydrogen-bond acceptors (Lipinski definition) is 3. The number of thioether (sulfide) groups is 1. The largest absolute Gasteiger partial charge is 0.254 e. The molecule has 1 aromatic heterocycles. The zero-order chi connectivity index (χ0) is 9.97. The van der Waals surface area contributed by atoms with Gasteiger partial charge in [0, 0.05) is 11.6 Å². The van der Waals surface area contributed by atoms with Crippen LogP contribution in [0.2, 0.25) is 0 Å². The molecule has 0 unspecified atom stereocenters. The number of rotatable bonds is 1. The van der Waals surface area contributed by atoms with Crippen LogP contribution in [-0.2, 0) is 0 Å². The highest BCUT2D eigenvalue weighted by atomic mass is 32.2. The third kappa shape index (κ3) is 1.65. The lowest BCUT2D eigenvalue weighted by molar-refractivity contribution is 1.34. The molecule has 0 aliphatic carbocycles. The molecule has 0 N–H and O–H groups in total. The van der Waals surface area contributed by atoms with Gasteiger partial charge in [-0.05, 0) is 17.7 Å². The number of benzene rings is 1. The van der Waals surface area contributed by atoms with Crippen LogP contribution >= 0.6 is 24.0 Å². The maximum Gasteiger partial charge on any atom is 0.0966 e. The lowest BCUT2D eigenvalue weighted by Crippen LogP contribution is -1.95. The Bertz CT molecular complexity index is 474. The first kappa shape index (κ1) is 9.62. The summed E-state index contributed by atoms with van der Waals surface area (Å²) < 4.78 is 0.849. The highest BCUT2D eigenvalue weighted by Crippen LogP contribution is 2.20. The van der Waals surface area contributed by atoms with Gasteiger partial charge in [-0.3, -0.25) is 4.98 Å². The Morgan fingerprint density at radius 3 is 2.86 bits per heavy atom. The SMILES string of the molecule is CSC(=S)c1nccc2ccccc12. The minimum absolute atomic E-state index is 0.849. The van der Waals surface area contributed by atoms with Crippen molar-refractivity contribution in [3.05, 3.63) is 42.2 Å². The fraction of sp³-hybridized carbons (Fsp3) is 0.0909. The minimum atomic E-state index is 0.849. The van der Waals surface area contributed by atoms with E-state index in [1.807, 2.05) is 24.5 Å². The van der Waals surface area contributed by atoms with Gasteiger partial charge in [0.05, 0.1) is 9.89 Å². The van der Waals surface area contributed by atoms with Gasteiger partial charge < -0.3 is 0 Å². The van der Waals surface area contributed by atoms with Crippen molar-refractivity contribution in [3.63, 3.8) is 0 Å². The number of fused-ring (bicyclic) bond motifs is 1. The van der Waals surface area contributed by atoms with Crippen LogP contribution in [0.3, 0.4) is 0 Å². The van der Waals surface area contributed by atoms with Gasteiger partial charge in [0.25, 0.3) is 0 Å². The molecule has 14 heavy (non-hydrogen) atoms. The summed E-state index contributed by atoms with van der Waals surface area (Å²) in [5.41, 5.74) is 0.922. The maximum absolute atomic E-state index is 5.25. The Kier molecular flexibility index (Phi) is 2.79. The molecule has 0 fully saturated rings. The molecule has 0 aliphatic heterocycles. The maximum atomic E-state index is 5.25. The summed E-state index contributed by atoms with van der Waals surface area (Å²) in [5.74, 6) is 0. The Morgan fingerprint density at radius 2 is 2.07 bits per heavy atom. The second-order valence-corrected chi connectivity index (χ2v) is 4.36. The van der Waals surface area contributed by atoms with E-state index in [-0.39, 0.29) is 0 Å². The number of thiocarbonyl (C=S) groups is 1. The normalized spacial score (nSPS) is 10.4. The standard InChI is InChI=1S/C11H9NS2/c1-14-11(13)10-9-5-3-2-4-8(9)6-7-12-10/h2-7H,1H3.